The van der Waals surface area contributed by atoms with E-state index in [9.17, 15) is 41.5 Å². The summed E-state index contributed by atoms with van der Waals surface area (Å²) in [5.74, 6) is -4.79. The zero-order chi connectivity index (χ0) is 33.2. The van der Waals surface area contributed by atoms with Gasteiger partial charge in [-0.1, -0.05) is 24.6 Å². The van der Waals surface area contributed by atoms with E-state index < -0.39 is 65.7 Å². The number of alkyl halides is 3. The Balaban J connectivity index is 1.25. The van der Waals surface area contributed by atoms with Crippen LogP contribution in [0.2, 0.25) is 0 Å². The number of amides is 4. The molecule has 1 aliphatic carbocycles. The molecule has 0 radical (unpaired) electrons. The SMILES string of the molecule is CNC(=O)C(=O)[C@H](C[C@@H]1CCNC1=O)NC(=O)[C@@H]1[C@H]2CCC[C@H]2CN1C(=O)COc1ccc(-c2ccc(C(F)(F)F)c(F)c2)cc1. The molecule has 246 valence electrons. The molecule has 4 amide bonds. The molecule has 2 aromatic carbocycles. The predicted octanol–water partition coefficient (Wildman–Crippen LogP) is 2.84. The van der Waals surface area contributed by atoms with Gasteiger partial charge in [0.05, 0.1) is 11.6 Å². The van der Waals surface area contributed by atoms with Crippen LogP contribution in [0.15, 0.2) is 42.5 Å². The minimum Gasteiger partial charge on any atom is -0.484 e. The smallest absolute Gasteiger partial charge is 0.419 e. The van der Waals surface area contributed by atoms with Gasteiger partial charge in [-0.25, -0.2) is 4.39 Å². The van der Waals surface area contributed by atoms with Crippen molar-refractivity contribution in [2.75, 3.05) is 26.7 Å². The van der Waals surface area contributed by atoms with Gasteiger partial charge in [-0.2, -0.15) is 13.2 Å². The standard InChI is InChI=1S/C32H34F4N4O6/c1-37-31(45)28(42)25(14-19-11-12-38-29(19)43)39-30(44)27-22-4-2-3-20(22)15-40(27)26(41)16-46-21-8-5-17(6-9-21)18-7-10-23(24(33)13-18)32(34,35)36/h5-10,13,19-20,22,25,27H,2-4,11-12,14-16H2,1H3,(H,37,45)(H,38,43)(H,39,44)/t19-,20-,22-,25-,27-/m0/s1. The Bertz CT molecular complexity index is 1510. The lowest BCUT2D eigenvalue weighted by molar-refractivity contribution is -0.143. The number of hydrogen-bond donors (Lipinski definition) is 3. The summed E-state index contributed by atoms with van der Waals surface area (Å²) in [4.78, 5) is 65.8. The van der Waals surface area contributed by atoms with Gasteiger partial charge >= 0.3 is 6.18 Å². The minimum atomic E-state index is -4.81. The second kappa shape index (κ2) is 13.5. The van der Waals surface area contributed by atoms with Crippen LogP contribution in [0.3, 0.4) is 0 Å². The van der Waals surface area contributed by atoms with Crippen LogP contribution in [-0.2, 0) is 30.1 Å². The number of hydrogen-bond acceptors (Lipinski definition) is 6. The van der Waals surface area contributed by atoms with Gasteiger partial charge in [-0.3, -0.25) is 24.0 Å². The maximum absolute atomic E-state index is 14.0. The van der Waals surface area contributed by atoms with Crippen molar-refractivity contribution in [3.05, 3.63) is 53.8 Å². The number of ether oxygens (including phenoxy) is 1. The Morgan fingerprint density at radius 3 is 2.39 bits per heavy atom. The number of carbonyl (C=O) groups is 5. The van der Waals surface area contributed by atoms with Gasteiger partial charge < -0.3 is 25.6 Å². The van der Waals surface area contributed by atoms with E-state index in [1.54, 1.807) is 0 Å². The number of benzene rings is 2. The molecule has 14 heteroatoms. The Hall–Kier alpha value is -4.49. The lowest BCUT2D eigenvalue weighted by Gasteiger charge is -2.29. The summed E-state index contributed by atoms with van der Waals surface area (Å²) in [5.41, 5.74) is -0.693. The molecule has 3 N–H and O–H groups in total. The average Bonchev–Trinajstić information content (AvgIpc) is 3.74. The molecule has 2 saturated heterocycles. The zero-order valence-corrected chi connectivity index (χ0v) is 25.0. The summed E-state index contributed by atoms with van der Waals surface area (Å²) >= 11 is 0. The third-order valence-corrected chi connectivity index (χ3v) is 9.07. The molecule has 10 nitrogen and oxygen atoms in total. The van der Waals surface area contributed by atoms with E-state index in [-0.39, 0.29) is 35.5 Å². The molecule has 0 spiro atoms. The molecule has 0 bridgehead atoms. The van der Waals surface area contributed by atoms with Crippen molar-refractivity contribution in [1.82, 2.24) is 20.9 Å². The van der Waals surface area contributed by atoms with Gasteiger partial charge in [0, 0.05) is 26.1 Å². The van der Waals surface area contributed by atoms with E-state index in [1.165, 1.54) is 36.2 Å². The average molecular weight is 647 g/mol. The molecule has 0 aromatic heterocycles. The summed E-state index contributed by atoms with van der Waals surface area (Å²) in [6.45, 7) is 0.339. The molecular formula is C32H34F4N4O6. The number of halogens is 4. The number of nitrogens with one attached hydrogen (secondary N) is 3. The normalized spacial score (nSPS) is 23.0. The molecule has 5 rings (SSSR count). The fourth-order valence-corrected chi connectivity index (χ4v) is 6.72. The number of fused-ring (bicyclic) bond motifs is 1. The number of Topliss-reactive ketones (excluding diaryl/α,β-unsaturated/α-hetero) is 1. The van der Waals surface area contributed by atoms with Crippen LogP contribution in [0, 0.1) is 23.6 Å². The van der Waals surface area contributed by atoms with E-state index in [0.717, 1.165) is 25.0 Å². The quantitative estimate of drug-likeness (QED) is 0.269. The molecule has 46 heavy (non-hydrogen) atoms. The van der Waals surface area contributed by atoms with Gasteiger partial charge in [0.2, 0.25) is 17.6 Å². The topological polar surface area (TPSA) is 134 Å². The summed E-state index contributed by atoms with van der Waals surface area (Å²) in [6.07, 6.45) is -1.97. The lowest BCUT2D eigenvalue weighted by atomic mass is 9.91. The maximum Gasteiger partial charge on any atom is 0.419 e. The third-order valence-electron chi connectivity index (χ3n) is 9.07. The first-order chi connectivity index (χ1) is 21.9. The van der Waals surface area contributed by atoms with Crippen molar-refractivity contribution in [3.8, 4) is 16.9 Å². The summed E-state index contributed by atoms with van der Waals surface area (Å²) < 4.78 is 58.4. The summed E-state index contributed by atoms with van der Waals surface area (Å²) in [7, 11) is 1.30. The van der Waals surface area contributed by atoms with Gasteiger partial charge in [0.15, 0.2) is 6.61 Å². The summed E-state index contributed by atoms with van der Waals surface area (Å²) in [5, 5.41) is 7.62. The lowest BCUT2D eigenvalue weighted by Crippen LogP contribution is -2.55. The van der Waals surface area contributed by atoms with E-state index in [0.29, 0.717) is 37.6 Å². The Labute approximate surface area is 262 Å². The minimum absolute atomic E-state index is 0.0448. The van der Waals surface area contributed by atoms with Crippen LogP contribution in [0.4, 0.5) is 17.6 Å². The third kappa shape index (κ3) is 7.00. The van der Waals surface area contributed by atoms with Crippen molar-refractivity contribution in [3.63, 3.8) is 0 Å². The van der Waals surface area contributed by atoms with Crippen LogP contribution in [0.5, 0.6) is 5.75 Å². The van der Waals surface area contributed by atoms with Crippen molar-refractivity contribution >= 4 is 29.4 Å². The Kier molecular flexibility index (Phi) is 9.63. The van der Waals surface area contributed by atoms with Crippen LogP contribution >= 0.6 is 0 Å². The van der Waals surface area contributed by atoms with Gasteiger partial charge in [0.25, 0.3) is 11.8 Å². The van der Waals surface area contributed by atoms with Crippen LogP contribution in [-0.4, -0.2) is 73.1 Å². The first-order valence-corrected chi connectivity index (χ1v) is 15.1. The van der Waals surface area contributed by atoms with Crippen molar-refractivity contribution in [2.45, 2.75) is 50.4 Å². The molecule has 1 saturated carbocycles. The highest BCUT2D eigenvalue weighted by Crippen LogP contribution is 2.42. The molecular weight excluding hydrogens is 612 g/mol. The van der Waals surface area contributed by atoms with Gasteiger partial charge in [0.1, 0.15) is 17.6 Å². The molecule has 2 heterocycles. The monoisotopic (exact) mass is 646 g/mol. The fraction of sp³-hybridized carbons (Fsp3) is 0.469. The van der Waals surface area contributed by atoms with Crippen molar-refractivity contribution < 1.29 is 46.3 Å². The highest BCUT2D eigenvalue weighted by atomic mass is 19.4. The number of likely N-dealkylation sites (tertiary alicyclic amines) is 1. The number of carbonyl (C=O) groups excluding carboxylic acids is 5. The molecule has 2 aromatic rings. The number of likely N-dealkylation sites (N-methyl/N-ethyl adjacent to an activating group) is 1. The Morgan fingerprint density at radius 2 is 1.76 bits per heavy atom. The van der Waals surface area contributed by atoms with E-state index in [1.807, 2.05) is 0 Å². The first-order valence-electron chi connectivity index (χ1n) is 15.1. The van der Waals surface area contributed by atoms with Gasteiger partial charge in [-0.15, -0.1) is 0 Å². The van der Waals surface area contributed by atoms with Crippen molar-refractivity contribution in [1.29, 1.82) is 0 Å². The van der Waals surface area contributed by atoms with E-state index >= 15 is 0 Å². The summed E-state index contributed by atoms with van der Waals surface area (Å²) in [6, 6.07) is 6.53. The number of rotatable bonds is 10. The van der Waals surface area contributed by atoms with Crippen molar-refractivity contribution in [2.24, 2.45) is 17.8 Å². The fourth-order valence-electron chi connectivity index (χ4n) is 6.72. The van der Waals surface area contributed by atoms with Crippen LogP contribution < -0.4 is 20.7 Å². The largest absolute Gasteiger partial charge is 0.484 e. The highest BCUT2D eigenvalue weighted by molar-refractivity contribution is 6.38. The van der Waals surface area contributed by atoms with E-state index in [4.69, 9.17) is 4.74 Å². The zero-order valence-electron chi connectivity index (χ0n) is 25.0. The first kappa shape index (κ1) is 32.9. The number of ketones is 1. The Morgan fingerprint density at radius 1 is 1.04 bits per heavy atom. The van der Waals surface area contributed by atoms with E-state index in [2.05, 4.69) is 16.0 Å². The van der Waals surface area contributed by atoms with Gasteiger partial charge in [-0.05, 0) is 72.9 Å². The second-order valence-corrected chi connectivity index (χ2v) is 11.9. The molecule has 0 unspecified atom stereocenters. The highest BCUT2D eigenvalue weighted by Gasteiger charge is 2.50. The predicted molar refractivity (Wildman–Crippen MR) is 155 cm³/mol. The molecule has 5 atom stereocenters. The molecule has 3 aliphatic rings. The second-order valence-electron chi connectivity index (χ2n) is 11.9. The molecule has 2 aliphatic heterocycles. The van der Waals surface area contributed by atoms with Crippen LogP contribution in [0.25, 0.3) is 11.1 Å². The maximum atomic E-state index is 14.0. The van der Waals surface area contributed by atoms with Crippen LogP contribution in [0.1, 0.15) is 37.7 Å². The number of nitrogens with zero attached hydrogens (tertiary/aromatic N) is 1. The molecule has 3 fully saturated rings.